The molecule has 0 aliphatic rings. The van der Waals surface area contributed by atoms with E-state index in [9.17, 15) is 13.6 Å². The molecule has 0 saturated carbocycles. The molecule has 0 amide bonds. The SMILES string of the molecule is Cc1cnc(F)c(Br)c1.O=C(O)c1cnc(F)c(Br)c1. The Morgan fingerprint density at radius 3 is 2.00 bits per heavy atom. The smallest absolute Gasteiger partial charge is 0.337 e. The van der Waals surface area contributed by atoms with Crippen LogP contribution in [0.1, 0.15) is 15.9 Å². The Bertz CT molecular complexity index is 639. The molecule has 20 heavy (non-hydrogen) atoms. The molecule has 0 spiro atoms. The molecule has 0 aliphatic carbocycles. The van der Waals surface area contributed by atoms with Gasteiger partial charge in [0.1, 0.15) is 0 Å². The first-order valence-corrected chi connectivity index (χ1v) is 6.72. The van der Waals surface area contributed by atoms with Gasteiger partial charge >= 0.3 is 5.97 Å². The van der Waals surface area contributed by atoms with E-state index in [0.29, 0.717) is 4.47 Å². The van der Waals surface area contributed by atoms with Crippen LogP contribution in [0, 0.1) is 18.8 Å². The highest BCUT2D eigenvalue weighted by atomic mass is 79.9. The molecule has 0 aromatic carbocycles. The Labute approximate surface area is 130 Å². The average molecular weight is 410 g/mol. The Hall–Kier alpha value is -1.41. The van der Waals surface area contributed by atoms with E-state index in [0.717, 1.165) is 17.8 Å². The summed E-state index contributed by atoms with van der Waals surface area (Å²) < 4.78 is 25.2. The summed E-state index contributed by atoms with van der Waals surface area (Å²) in [6.07, 6.45) is 2.45. The van der Waals surface area contributed by atoms with E-state index >= 15 is 0 Å². The molecule has 4 nitrogen and oxygen atoms in total. The molecule has 0 fully saturated rings. The van der Waals surface area contributed by atoms with Gasteiger partial charge in [-0.25, -0.2) is 14.8 Å². The molecular weight excluding hydrogens is 402 g/mol. The highest BCUT2D eigenvalue weighted by Gasteiger charge is 2.06. The van der Waals surface area contributed by atoms with Gasteiger partial charge in [-0.15, -0.1) is 0 Å². The summed E-state index contributed by atoms with van der Waals surface area (Å²) in [6, 6.07) is 2.84. The van der Waals surface area contributed by atoms with Crippen LogP contribution < -0.4 is 0 Å². The van der Waals surface area contributed by atoms with Crippen LogP contribution in [0.15, 0.2) is 33.5 Å². The lowest BCUT2D eigenvalue weighted by Crippen LogP contribution is -1.98. The second kappa shape index (κ2) is 7.39. The molecule has 2 aromatic heterocycles. The first-order valence-electron chi connectivity index (χ1n) is 5.13. The maximum Gasteiger partial charge on any atom is 0.337 e. The Morgan fingerprint density at radius 1 is 1.10 bits per heavy atom. The monoisotopic (exact) mass is 408 g/mol. The van der Waals surface area contributed by atoms with Gasteiger partial charge in [-0.3, -0.25) is 0 Å². The Kier molecular flexibility index (Phi) is 6.15. The minimum absolute atomic E-state index is 0.0433. The largest absolute Gasteiger partial charge is 0.478 e. The fourth-order valence-corrected chi connectivity index (χ4v) is 1.87. The van der Waals surface area contributed by atoms with E-state index < -0.39 is 17.9 Å². The van der Waals surface area contributed by atoms with E-state index in [4.69, 9.17) is 5.11 Å². The zero-order valence-corrected chi connectivity index (χ0v) is 13.2. The van der Waals surface area contributed by atoms with Gasteiger partial charge in [0.2, 0.25) is 11.9 Å². The van der Waals surface area contributed by atoms with Crippen LogP contribution in [-0.4, -0.2) is 21.0 Å². The van der Waals surface area contributed by atoms with Gasteiger partial charge in [-0.05, 0) is 56.5 Å². The van der Waals surface area contributed by atoms with Gasteiger partial charge in [-0.1, -0.05) is 0 Å². The second-order valence-corrected chi connectivity index (χ2v) is 5.30. The summed E-state index contributed by atoms with van der Waals surface area (Å²) >= 11 is 5.82. The molecule has 0 saturated heterocycles. The molecule has 0 radical (unpaired) electrons. The third-order valence-electron chi connectivity index (χ3n) is 1.98. The van der Waals surface area contributed by atoms with Crippen LogP contribution >= 0.6 is 31.9 Å². The van der Waals surface area contributed by atoms with Gasteiger partial charge in [-0.2, -0.15) is 8.78 Å². The molecule has 0 aliphatic heterocycles. The Balaban J connectivity index is 0.000000204. The van der Waals surface area contributed by atoms with Crippen LogP contribution in [-0.2, 0) is 0 Å². The van der Waals surface area contributed by atoms with Gasteiger partial charge in [0, 0.05) is 12.4 Å². The number of hydrogen-bond acceptors (Lipinski definition) is 3. The number of rotatable bonds is 1. The van der Waals surface area contributed by atoms with Crippen LogP contribution in [0.4, 0.5) is 8.78 Å². The highest BCUT2D eigenvalue weighted by Crippen LogP contribution is 2.14. The number of pyridine rings is 2. The predicted octanol–water partition coefficient (Wildman–Crippen LogP) is 3.97. The van der Waals surface area contributed by atoms with Crippen molar-refractivity contribution in [2.24, 2.45) is 0 Å². The lowest BCUT2D eigenvalue weighted by Gasteiger charge is -1.94. The number of hydrogen-bond donors (Lipinski definition) is 1. The molecule has 1 N–H and O–H groups in total. The number of aromatic nitrogens is 2. The first kappa shape index (κ1) is 16.6. The minimum atomic E-state index is -1.13. The van der Waals surface area contributed by atoms with Crippen LogP contribution in [0.25, 0.3) is 0 Å². The fraction of sp³-hybridized carbons (Fsp3) is 0.0833. The lowest BCUT2D eigenvalue weighted by molar-refractivity contribution is 0.0696. The summed E-state index contributed by atoms with van der Waals surface area (Å²) in [5, 5.41) is 8.42. The molecule has 0 atom stereocenters. The van der Waals surface area contributed by atoms with Crippen LogP contribution in [0.5, 0.6) is 0 Å². The normalized spacial score (nSPS) is 9.65. The molecular formula is C12H8Br2F2N2O2. The zero-order valence-electron chi connectivity index (χ0n) is 10.1. The van der Waals surface area contributed by atoms with Crippen molar-refractivity contribution in [1.82, 2.24) is 9.97 Å². The van der Waals surface area contributed by atoms with Crippen molar-refractivity contribution in [3.8, 4) is 0 Å². The number of halogens is 4. The van der Waals surface area contributed by atoms with Crippen molar-refractivity contribution in [2.45, 2.75) is 6.92 Å². The van der Waals surface area contributed by atoms with E-state index in [-0.39, 0.29) is 10.0 Å². The van der Waals surface area contributed by atoms with E-state index in [2.05, 4.69) is 41.8 Å². The number of carboxylic acids is 1. The summed E-state index contributed by atoms with van der Waals surface area (Å²) in [7, 11) is 0. The minimum Gasteiger partial charge on any atom is -0.478 e. The third-order valence-corrected chi connectivity index (χ3v) is 3.09. The molecule has 0 unspecified atom stereocenters. The number of aromatic carboxylic acids is 1. The summed E-state index contributed by atoms with van der Waals surface area (Å²) in [4.78, 5) is 17.0. The standard InChI is InChI=1S/C6H3BrFNO2.C6H5BrFN/c7-4-1-3(6(10)11)2-9-5(4)8;1-4-2-5(7)6(8)9-3-4/h1-2H,(H,10,11);2-3H,1H3. The summed E-state index contributed by atoms with van der Waals surface area (Å²) in [5.74, 6) is -2.30. The van der Waals surface area contributed by atoms with Gasteiger partial charge in [0.25, 0.3) is 0 Å². The van der Waals surface area contributed by atoms with Crippen molar-refractivity contribution in [3.05, 3.63) is 56.5 Å². The second-order valence-electron chi connectivity index (χ2n) is 3.59. The van der Waals surface area contributed by atoms with Gasteiger partial charge in [0.15, 0.2) is 0 Å². The van der Waals surface area contributed by atoms with Crippen molar-refractivity contribution in [3.63, 3.8) is 0 Å². The molecule has 0 bridgehead atoms. The Morgan fingerprint density at radius 2 is 1.60 bits per heavy atom. The number of carboxylic acid groups (broad SMARTS) is 1. The number of aryl methyl sites for hydroxylation is 1. The lowest BCUT2D eigenvalue weighted by atomic mass is 10.3. The quantitative estimate of drug-likeness (QED) is 0.723. The molecule has 2 rings (SSSR count). The van der Waals surface area contributed by atoms with Gasteiger partial charge < -0.3 is 5.11 Å². The third kappa shape index (κ3) is 4.93. The first-order chi connectivity index (χ1) is 9.31. The highest BCUT2D eigenvalue weighted by molar-refractivity contribution is 9.10. The maximum atomic E-state index is 12.4. The number of nitrogens with zero attached hydrogens (tertiary/aromatic N) is 2. The molecule has 2 heterocycles. The van der Waals surface area contributed by atoms with Crippen molar-refractivity contribution in [2.75, 3.05) is 0 Å². The zero-order chi connectivity index (χ0) is 15.3. The number of carbonyl (C=O) groups is 1. The van der Waals surface area contributed by atoms with Crippen LogP contribution in [0.2, 0.25) is 0 Å². The molecule has 8 heteroatoms. The van der Waals surface area contributed by atoms with E-state index in [1.165, 1.54) is 6.20 Å². The van der Waals surface area contributed by atoms with Gasteiger partial charge in [0.05, 0.1) is 14.5 Å². The van der Waals surface area contributed by atoms with E-state index in [1.54, 1.807) is 6.07 Å². The maximum absolute atomic E-state index is 12.4. The van der Waals surface area contributed by atoms with Crippen molar-refractivity contribution >= 4 is 37.8 Å². The van der Waals surface area contributed by atoms with E-state index in [1.807, 2.05) is 6.92 Å². The molecule has 2 aromatic rings. The fourth-order valence-electron chi connectivity index (χ4n) is 1.06. The van der Waals surface area contributed by atoms with Crippen LogP contribution in [0.3, 0.4) is 0 Å². The topological polar surface area (TPSA) is 63.1 Å². The molecule has 106 valence electrons. The summed E-state index contributed by atoms with van der Waals surface area (Å²) in [6.45, 7) is 1.86. The predicted molar refractivity (Wildman–Crippen MR) is 75.5 cm³/mol. The van der Waals surface area contributed by atoms with Crippen molar-refractivity contribution in [1.29, 1.82) is 0 Å². The summed E-state index contributed by atoms with van der Waals surface area (Å²) in [5.41, 5.74) is 0.904. The van der Waals surface area contributed by atoms with Crippen molar-refractivity contribution < 1.29 is 18.7 Å². The average Bonchev–Trinajstić information content (AvgIpc) is 2.38.